The van der Waals surface area contributed by atoms with Crippen molar-refractivity contribution in [1.29, 1.82) is 0 Å². The predicted octanol–water partition coefficient (Wildman–Crippen LogP) is 1.49. The molecule has 0 aromatic heterocycles. The fraction of sp³-hybridized carbons (Fsp3) is 0.308. The Morgan fingerprint density at radius 1 is 1.58 bits per heavy atom. The Morgan fingerprint density at radius 2 is 2.32 bits per heavy atom. The summed E-state index contributed by atoms with van der Waals surface area (Å²) >= 11 is 6.10. The van der Waals surface area contributed by atoms with Gasteiger partial charge in [0.1, 0.15) is 0 Å². The van der Waals surface area contributed by atoms with Crippen molar-refractivity contribution in [3.63, 3.8) is 0 Å². The molecule has 1 rings (SSSR count). The van der Waals surface area contributed by atoms with E-state index in [1.165, 1.54) is 7.11 Å². The highest BCUT2D eigenvalue weighted by Crippen LogP contribution is 2.36. The lowest BCUT2D eigenvalue weighted by atomic mass is 10.2. The normalized spacial score (nSPS) is 10.0. The first kappa shape index (κ1) is 15.3. The summed E-state index contributed by atoms with van der Waals surface area (Å²) in [7, 11) is 1.50. The number of halogens is 1. The van der Waals surface area contributed by atoms with Gasteiger partial charge < -0.3 is 20.5 Å². The largest absolute Gasteiger partial charge is 0.493 e. The maximum Gasteiger partial charge on any atom is 0.255 e. The molecule has 0 aliphatic rings. The van der Waals surface area contributed by atoms with E-state index in [9.17, 15) is 4.79 Å². The number of nitrogens with two attached hydrogens (primary N) is 1. The van der Waals surface area contributed by atoms with Crippen molar-refractivity contribution in [1.82, 2.24) is 5.32 Å². The zero-order valence-corrected chi connectivity index (χ0v) is 11.5. The Morgan fingerprint density at radius 3 is 2.89 bits per heavy atom. The van der Waals surface area contributed by atoms with Crippen molar-refractivity contribution in [3.8, 4) is 11.5 Å². The fourth-order valence-electron chi connectivity index (χ4n) is 1.48. The van der Waals surface area contributed by atoms with Crippen LogP contribution in [0.2, 0.25) is 5.02 Å². The number of amides is 1. The highest BCUT2D eigenvalue weighted by atomic mass is 35.5. The molecule has 3 N–H and O–H groups in total. The summed E-state index contributed by atoms with van der Waals surface area (Å²) in [4.78, 5) is 10.7. The average molecular weight is 285 g/mol. The Kier molecular flexibility index (Phi) is 6.18. The minimum Gasteiger partial charge on any atom is -0.493 e. The van der Waals surface area contributed by atoms with E-state index in [-0.39, 0.29) is 6.61 Å². The average Bonchev–Trinajstić information content (AvgIpc) is 2.37. The second-order valence-electron chi connectivity index (χ2n) is 3.78. The number of benzene rings is 1. The van der Waals surface area contributed by atoms with Crippen LogP contribution in [0.3, 0.4) is 0 Å². The van der Waals surface area contributed by atoms with E-state index < -0.39 is 5.91 Å². The minimum atomic E-state index is -0.574. The lowest BCUT2D eigenvalue weighted by Gasteiger charge is -2.13. The topological polar surface area (TPSA) is 73.6 Å². The third-order valence-electron chi connectivity index (χ3n) is 2.27. The number of carbonyl (C=O) groups is 1. The van der Waals surface area contributed by atoms with Gasteiger partial charge in [-0.2, -0.15) is 0 Å². The fourth-order valence-corrected chi connectivity index (χ4v) is 1.77. The quantitative estimate of drug-likeness (QED) is 0.560. The SMILES string of the molecule is C=CCNCc1cc(Cl)c(OCC(N)=O)c(OC)c1. The molecule has 0 heterocycles. The van der Waals surface area contributed by atoms with E-state index in [2.05, 4.69) is 11.9 Å². The van der Waals surface area contributed by atoms with Gasteiger partial charge >= 0.3 is 0 Å². The van der Waals surface area contributed by atoms with Crippen LogP contribution >= 0.6 is 11.6 Å². The predicted molar refractivity (Wildman–Crippen MR) is 74.6 cm³/mol. The van der Waals surface area contributed by atoms with Gasteiger partial charge in [0.15, 0.2) is 18.1 Å². The van der Waals surface area contributed by atoms with Crippen LogP contribution in [0.4, 0.5) is 0 Å². The molecule has 1 aromatic carbocycles. The monoisotopic (exact) mass is 284 g/mol. The first-order valence-corrected chi connectivity index (χ1v) is 6.05. The highest BCUT2D eigenvalue weighted by molar-refractivity contribution is 6.32. The zero-order valence-electron chi connectivity index (χ0n) is 10.7. The van der Waals surface area contributed by atoms with E-state index >= 15 is 0 Å². The van der Waals surface area contributed by atoms with Crippen molar-refractivity contribution in [2.24, 2.45) is 5.73 Å². The molecule has 0 aliphatic heterocycles. The Bertz CT molecular complexity index is 463. The van der Waals surface area contributed by atoms with Crippen molar-refractivity contribution < 1.29 is 14.3 Å². The van der Waals surface area contributed by atoms with E-state index in [0.29, 0.717) is 29.6 Å². The van der Waals surface area contributed by atoms with Crippen molar-refractivity contribution >= 4 is 17.5 Å². The first-order valence-electron chi connectivity index (χ1n) is 5.67. The summed E-state index contributed by atoms with van der Waals surface area (Å²) in [5, 5.41) is 3.52. The van der Waals surface area contributed by atoms with Crippen molar-refractivity contribution in [2.45, 2.75) is 6.54 Å². The van der Waals surface area contributed by atoms with E-state index in [4.69, 9.17) is 26.8 Å². The third-order valence-corrected chi connectivity index (χ3v) is 2.55. The molecular weight excluding hydrogens is 268 g/mol. The number of ether oxygens (including phenoxy) is 2. The van der Waals surface area contributed by atoms with Crippen LogP contribution in [0.5, 0.6) is 11.5 Å². The summed E-state index contributed by atoms with van der Waals surface area (Å²) in [5.74, 6) is 0.203. The van der Waals surface area contributed by atoms with Gasteiger partial charge in [0.05, 0.1) is 12.1 Å². The molecule has 6 heteroatoms. The smallest absolute Gasteiger partial charge is 0.255 e. The Balaban J connectivity index is 2.87. The number of rotatable bonds is 8. The summed E-state index contributed by atoms with van der Waals surface area (Å²) in [6.07, 6.45) is 1.77. The van der Waals surface area contributed by atoms with E-state index in [1.807, 2.05) is 0 Å². The highest BCUT2D eigenvalue weighted by Gasteiger charge is 2.12. The number of hydrogen-bond donors (Lipinski definition) is 2. The molecule has 0 bridgehead atoms. The van der Waals surface area contributed by atoms with Crippen LogP contribution in [-0.4, -0.2) is 26.2 Å². The van der Waals surface area contributed by atoms with Gasteiger partial charge in [0.2, 0.25) is 0 Å². The van der Waals surface area contributed by atoms with Gasteiger partial charge in [-0.1, -0.05) is 17.7 Å². The maximum atomic E-state index is 10.7. The number of methoxy groups -OCH3 is 1. The van der Waals surface area contributed by atoms with Gasteiger partial charge in [-0.05, 0) is 17.7 Å². The Hall–Kier alpha value is -1.72. The third kappa shape index (κ3) is 4.81. The van der Waals surface area contributed by atoms with Gasteiger partial charge in [0, 0.05) is 13.1 Å². The van der Waals surface area contributed by atoms with E-state index in [0.717, 1.165) is 5.56 Å². The summed E-state index contributed by atoms with van der Waals surface area (Å²) in [6.45, 7) is 4.69. The molecule has 0 fully saturated rings. The van der Waals surface area contributed by atoms with Crippen LogP contribution in [0.1, 0.15) is 5.56 Å². The molecule has 0 atom stereocenters. The first-order chi connectivity index (χ1) is 9.08. The number of carbonyl (C=O) groups excluding carboxylic acids is 1. The molecule has 104 valence electrons. The van der Waals surface area contributed by atoms with Crippen LogP contribution in [0, 0.1) is 0 Å². The van der Waals surface area contributed by atoms with Crippen LogP contribution in [0.15, 0.2) is 24.8 Å². The molecule has 0 unspecified atom stereocenters. The molecular formula is C13H17ClN2O3. The van der Waals surface area contributed by atoms with Gasteiger partial charge in [0.25, 0.3) is 5.91 Å². The maximum absolute atomic E-state index is 10.7. The van der Waals surface area contributed by atoms with Gasteiger partial charge in [-0.15, -0.1) is 6.58 Å². The molecule has 1 amide bonds. The number of nitrogens with one attached hydrogen (secondary N) is 1. The lowest BCUT2D eigenvalue weighted by Crippen LogP contribution is -2.20. The van der Waals surface area contributed by atoms with E-state index in [1.54, 1.807) is 18.2 Å². The molecule has 19 heavy (non-hydrogen) atoms. The Labute approximate surface area is 117 Å². The minimum absolute atomic E-state index is 0.246. The lowest BCUT2D eigenvalue weighted by molar-refractivity contribution is -0.119. The molecule has 0 saturated heterocycles. The molecule has 0 spiro atoms. The second-order valence-corrected chi connectivity index (χ2v) is 4.19. The summed E-state index contributed by atoms with van der Waals surface area (Å²) in [6, 6.07) is 3.54. The van der Waals surface area contributed by atoms with Crippen LogP contribution in [0.25, 0.3) is 0 Å². The van der Waals surface area contributed by atoms with Crippen LogP contribution in [-0.2, 0) is 11.3 Å². The second kappa shape index (κ2) is 7.66. The van der Waals surface area contributed by atoms with Crippen molar-refractivity contribution in [2.75, 3.05) is 20.3 Å². The van der Waals surface area contributed by atoms with Crippen molar-refractivity contribution in [3.05, 3.63) is 35.4 Å². The molecule has 1 aromatic rings. The molecule has 5 nitrogen and oxygen atoms in total. The molecule has 0 radical (unpaired) electrons. The van der Waals surface area contributed by atoms with Gasteiger partial charge in [-0.3, -0.25) is 4.79 Å². The summed E-state index contributed by atoms with van der Waals surface area (Å²) in [5.41, 5.74) is 5.97. The molecule has 0 aliphatic carbocycles. The summed E-state index contributed by atoms with van der Waals surface area (Å²) < 4.78 is 10.4. The number of primary amides is 1. The van der Waals surface area contributed by atoms with Gasteiger partial charge in [-0.25, -0.2) is 0 Å². The van der Waals surface area contributed by atoms with Crippen LogP contribution < -0.4 is 20.5 Å². The molecule has 0 saturated carbocycles. The zero-order chi connectivity index (χ0) is 14.3. The number of hydrogen-bond acceptors (Lipinski definition) is 4. The standard InChI is InChI=1S/C13H17ClN2O3/c1-3-4-16-7-9-5-10(14)13(11(6-9)18-2)19-8-12(15)17/h3,5-6,16H,1,4,7-8H2,2H3,(H2,15,17).